The Labute approximate surface area is 127 Å². The Morgan fingerprint density at radius 2 is 2.25 bits per heavy atom. The SMILES string of the molecule is CN1CCC(CN(C)c2nc(CNC(C)(C)C)cs2)C1. The van der Waals surface area contributed by atoms with Crippen LogP contribution in [0.3, 0.4) is 0 Å². The Kier molecular flexibility index (Phi) is 5.04. The number of rotatable bonds is 5. The summed E-state index contributed by atoms with van der Waals surface area (Å²) in [7, 11) is 4.37. The Balaban J connectivity index is 1.84. The van der Waals surface area contributed by atoms with Crippen molar-refractivity contribution in [1.82, 2.24) is 15.2 Å². The molecule has 0 aliphatic carbocycles. The molecule has 1 aromatic heterocycles. The van der Waals surface area contributed by atoms with Gasteiger partial charge in [-0.05, 0) is 46.7 Å². The summed E-state index contributed by atoms with van der Waals surface area (Å²) >= 11 is 1.75. The van der Waals surface area contributed by atoms with Crippen LogP contribution in [-0.4, -0.2) is 49.2 Å². The number of hydrogen-bond donors (Lipinski definition) is 1. The molecule has 1 N–H and O–H groups in total. The van der Waals surface area contributed by atoms with E-state index in [1.165, 1.54) is 19.5 Å². The second-order valence-electron chi connectivity index (χ2n) is 7.02. The number of aromatic nitrogens is 1. The Hall–Kier alpha value is -0.650. The zero-order valence-corrected chi connectivity index (χ0v) is 14.3. The lowest BCUT2D eigenvalue weighted by atomic mass is 10.1. The molecule has 0 aromatic carbocycles. The minimum Gasteiger partial charge on any atom is -0.351 e. The molecule has 114 valence electrons. The molecule has 20 heavy (non-hydrogen) atoms. The first-order valence-corrected chi connectivity index (χ1v) is 8.30. The second kappa shape index (κ2) is 6.41. The van der Waals surface area contributed by atoms with Gasteiger partial charge in [0, 0.05) is 37.6 Å². The van der Waals surface area contributed by atoms with Crippen molar-refractivity contribution in [3.63, 3.8) is 0 Å². The van der Waals surface area contributed by atoms with Crippen molar-refractivity contribution < 1.29 is 0 Å². The average Bonchev–Trinajstić information content (AvgIpc) is 2.95. The lowest BCUT2D eigenvalue weighted by molar-refractivity contribution is 0.396. The monoisotopic (exact) mass is 296 g/mol. The summed E-state index contributed by atoms with van der Waals surface area (Å²) < 4.78 is 0. The van der Waals surface area contributed by atoms with E-state index in [1.807, 2.05) is 0 Å². The Morgan fingerprint density at radius 1 is 1.50 bits per heavy atom. The van der Waals surface area contributed by atoms with Crippen LogP contribution in [0.25, 0.3) is 0 Å². The molecule has 0 saturated carbocycles. The molecule has 1 aliphatic heterocycles. The van der Waals surface area contributed by atoms with E-state index in [0.29, 0.717) is 0 Å². The van der Waals surface area contributed by atoms with E-state index in [2.05, 4.69) is 55.4 Å². The molecule has 0 amide bonds. The summed E-state index contributed by atoms with van der Waals surface area (Å²) in [5.41, 5.74) is 1.29. The predicted octanol–water partition coefficient (Wildman–Crippen LogP) is 2.42. The first-order valence-electron chi connectivity index (χ1n) is 7.42. The normalized spacial score (nSPS) is 20.6. The van der Waals surface area contributed by atoms with E-state index in [0.717, 1.165) is 29.8 Å². The van der Waals surface area contributed by atoms with Gasteiger partial charge < -0.3 is 15.1 Å². The summed E-state index contributed by atoms with van der Waals surface area (Å²) in [6, 6.07) is 0. The zero-order chi connectivity index (χ0) is 14.8. The molecule has 1 aromatic rings. The molecule has 1 atom stereocenters. The van der Waals surface area contributed by atoms with E-state index in [9.17, 15) is 0 Å². The molecule has 2 heterocycles. The molecule has 1 saturated heterocycles. The van der Waals surface area contributed by atoms with Crippen LogP contribution in [0.5, 0.6) is 0 Å². The van der Waals surface area contributed by atoms with Gasteiger partial charge in [0.15, 0.2) is 5.13 Å². The molecule has 1 unspecified atom stereocenters. The molecule has 4 nitrogen and oxygen atoms in total. The molecule has 0 bridgehead atoms. The van der Waals surface area contributed by atoms with Gasteiger partial charge in [0.2, 0.25) is 0 Å². The van der Waals surface area contributed by atoms with Crippen molar-refractivity contribution in [2.75, 3.05) is 38.6 Å². The fourth-order valence-electron chi connectivity index (χ4n) is 2.55. The van der Waals surface area contributed by atoms with Crippen LogP contribution in [0, 0.1) is 5.92 Å². The third-order valence-electron chi connectivity index (χ3n) is 3.69. The van der Waals surface area contributed by atoms with E-state index in [-0.39, 0.29) is 5.54 Å². The zero-order valence-electron chi connectivity index (χ0n) is 13.4. The number of nitrogens with one attached hydrogen (secondary N) is 1. The minimum atomic E-state index is 0.143. The van der Waals surface area contributed by atoms with E-state index >= 15 is 0 Å². The highest BCUT2D eigenvalue weighted by molar-refractivity contribution is 7.13. The van der Waals surface area contributed by atoms with Gasteiger partial charge in [0.1, 0.15) is 0 Å². The van der Waals surface area contributed by atoms with Crippen LogP contribution in [0.2, 0.25) is 0 Å². The summed E-state index contributed by atoms with van der Waals surface area (Å²) in [6.45, 7) is 11.0. The summed E-state index contributed by atoms with van der Waals surface area (Å²) in [5, 5.41) is 6.80. The largest absolute Gasteiger partial charge is 0.351 e. The van der Waals surface area contributed by atoms with E-state index in [1.54, 1.807) is 11.3 Å². The molecule has 2 rings (SSSR count). The highest BCUT2D eigenvalue weighted by atomic mass is 32.1. The maximum atomic E-state index is 4.74. The molecule has 1 aliphatic rings. The quantitative estimate of drug-likeness (QED) is 0.904. The number of nitrogens with zero attached hydrogens (tertiary/aromatic N) is 3. The van der Waals surface area contributed by atoms with Crippen molar-refractivity contribution in [2.24, 2.45) is 5.92 Å². The fraction of sp³-hybridized carbons (Fsp3) is 0.800. The molecule has 1 fully saturated rings. The molecule has 5 heteroatoms. The van der Waals surface area contributed by atoms with E-state index in [4.69, 9.17) is 4.98 Å². The lowest BCUT2D eigenvalue weighted by Gasteiger charge is -2.21. The number of likely N-dealkylation sites (tertiary alicyclic amines) is 1. The third kappa shape index (κ3) is 4.72. The van der Waals surface area contributed by atoms with Crippen molar-refractivity contribution in [3.05, 3.63) is 11.1 Å². The van der Waals surface area contributed by atoms with Gasteiger partial charge in [-0.3, -0.25) is 0 Å². The van der Waals surface area contributed by atoms with Crippen molar-refractivity contribution in [3.8, 4) is 0 Å². The van der Waals surface area contributed by atoms with Crippen molar-refractivity contribution >= 4 is 16.5 Å². The van der Waals surface area contributed by atoms with Crippen molar-refractivity contribution in [2.45, 2.75) is 39.3 Å². The summed E-state index contributed by atoms with van der Waals surface area (Å²) in [5.74, 6) is 0.782. The maximum Gasteiger partial charge on any atom is 0.185 e. The average molecular weight is 296 g/mol. The Morgan fingerprint density at radius 3 is 2.85 bits per heavy atom. The standard InChI is InChI=1S/C15H28N4S/c1-15(2,3)16-8-13-11-20-14(17-13)19(5)10-12-6-7-18(4)9-12/h11-12,16H,6-10H2,1-5H3. The van der Waals surface area contributed by atoms with Crippen LogP contribution in [-0.2, 0) is 6.54 Å². The van der Waals surface area contributed by atoms with E-state index < -0.39 is 0 Å². The first kappa shape index (κ1) is 15.7. The number of hydrogen-bond acceptors (Lipinski definition) is 5. The van der Waals surface area contributed by atoms with Gasteiger partial charge in [-0.2, -0.15) is 0 Å². The Bertz CT molecular complexity index is 424. The van der Waals surface area contributed by atoms with Gasteiger partial charge in [-0.1, -0.05) is 0 Å². The van der Waals surface area contributed by atoms with Crippen LogP contribution in [0.4, 0.5) is 5.13 Å². The van der Waals surface area contributed by atoms with Crippen LogP contribution in [0.1, 0.15) is 32.9 Å². The third-order valence-corrected chi connectivity index (χ3v) is 4.69. The molecular formula is C15H28N4S. The van der Waals surface area contributed by atoms with Gasteiger partial charge in [0.05, 0.1) is 5.69 Å². The van der Waals surface area contributed by atoms with Crippen molar-refractivity contribution in [1.29, 1.82) is 0 Å². The number of anilines is 1. The topological polar surface area (TPSA) is 31.4 Å². The smallest absolute Gasteiger partial charge is 0.185 e. The van der Waals surface area contributed by atoms with Gasteiger partial charge in [-0.15, -0.1) is 11.3 Å². The molecular weight excluding hydrogens is 268 g/mol. The second-order valence-corrected chi connectivity index (χ2v) is 7.86. The molecule has 0 spiro atoms. The fourth-order valence-corrected chi connectivity index (χ4v) is 3.35. The maximum absolute atomic E-state index is 4.74. The van der Waals surface area contributed by atoms with Crippen LogP contribution >= 0.6 is 11.3 Å². The van der Waals surface area contributed by atoms with Gasteiger partial charge in [0.25, 0.3) is 0 Å². The van der Waals surface area contributed by atoms with Crippen LogP contribution < -0.4 is 10.2 Å². The molecule has 0 radical (unpaired) electrons. The number of thiazole rings is 1. The minimum absolute atomic E-state index is 0.143. The van der Waals surface area contributed by atoms with Gasteiger partial charge >= 0.3 is 0 Å². The lowest BCUT2D eigenvalue weighted by Crippen LogP contribution is -2.35. The highest BCUT2D eigenvalue weighted by Crippen LogP contribution is 2.23. The summed E-state index contributed by atoms with van der Waals surface area (Å²) in [4.78, 5) is 9.47. The predicted molar refractivity (Wildman–Crippen MR) is 87.6 cm³/mol. The highest BCUT2D eigenvalue weighted by Gasteiger charge is 2.21. The summed E-state index contributed by atoms with van der Waals surface area (Å²) in [6.07, 6.45) is 1.31. The van der Waals surface area contributed by atoms with Crippen LogP contribution in [0.15, 0.2) is 5.38 Å². The van der Waals surface area contributed by atoms with Gasteiger partial charge in [-0.25, -0.2) is 4.98 Å². The first-order chi connectivity index (χ1) is 9.33.